The van der Waals surface area contributed by atoms with Crippen molar-refractivity contribution in [3.05, 3.63) is 52.6 Å². The minimum Gasteiger partial charge on any atom is -0.397 e. The number of nitrogens with two attached hydrogens (primary N) is 1. The number of hydrogen-bond donors (Lipinski definition) is 2. The molecule has 0 unspecified atom stereocenters. The number of nitrogen functional groups attached to an aromatic ring is 1. The van der Waals surface area contributed by atoms with Crippen molar-refractivity contribution in [2.75, 3.05) is 11.1 Å². The molecule has 21 heavy (non-hydrogen) atoms. The standard InChI is InChI=1S/C13H8ClF5N2/c14-8-4-11(20)12(5-10(8)16)21-6-1-2-9(15)7(3-6)13(17,18)19/h1-5,21H,20H2. The molecule has 0 aliphatic rings. The summed E-state index contributed by atoms with van der Waals surface area (Å²) in [6, 6.07) is 4.37. The molecular formula is C13H8ClF5N2. The highest BCUT2D eigenvalue weighted by Gasteiger charge is 2.34. The Balaban J connectivity index is 2.39. The number of rotatable bonds is 2. The maximum Gasteiger partial charge on any atom is 0.419 e. The average molecular weight is 323 g/mol. The second-order valence-electron chi connectivity index (χ2n) is 4.17. The van der Waals surface area contributed by atoms with E-state index in [1.165, 1.54) is 0 Å². The Morgan fingerprint density at radius 2 is 1.67 bits per heavy atom. The van der Waals surface area contributed by atoms with Gasteiger partial charge >= 0.3 is 6.18 Å². The largest absolute Gasteiger partial charge is 0.419 e. The van der Waals surface area contributed by atoms with Crippen LogP contribution in [0.3, 0.4) is 0 Å². The highest BCUT2D eigenvalue weighted by Crippen LogP contribution is 2.35. The zero-order valence-electron chi connectivity index (χ0n) is 10.2. The first-order valence-electron chi connectivity index (χ1n) is 5.57. The second kappa shape index (κ2) is 5.40. The summed E-state index contributed by atoms with van der Waals surface area (Å²) >= 11 is 5.51. The predicted octanol–water partition coefficient (Wildman–Crippen LogP) is 4.96. The maximum absolute atomic E-state index is 13.3. The predicted molar refractivity (Wildman–Crippen MR) is 70.5 cm³/mol. The van der Waals surface area contributed by atoms with Gasteiger partial charge in [0.05, 0.1) is 22.0 Å². The summed E-state index contributed by atoms with van der Waals surface area (Å²) in [6.07, 6.45) is -4.83. The van der Waals surface area contributed by atoms with Gasteiger partial charge in [0.25, 0.3) is 0 Å². The van der Waals surface area contributed by atoms with Crippen LogP contribution in [-0.2, 0) is 6.18 Å². The normalized spacial score (nSPS) is 11.5. The fourth-order valence-electron chi connectivity index (χ4n) is 1.65. The molecule has 0 fully saturated rings. The van der Waals surface area contributed by atoms with E-state index in [2.05, 4.69) is 5.32 Å². The Morgan fingerprint density at radius 1 is 1.00 bits per heavy atom. The van der Waals surface area contributed by atoms with Gasteiger partial charge in [0, 0.05) is 11.8 Å². The molecule has 0 radical (unpaired) electrons. The summed E-state index contributed by atoms with van der Waals surface area (Å²) < 4.78 is 64.3. The smallest absolute Gasteiger partial charge is 0.397 e. The summed E-state index contributed by atoms with van der Waals surface area (Å²) in [5.41, 5.74) is 4.13. The van der Waals surface area contributed by atoms with Crippen LogP contribution >= 0.6 is 11.6 Å². The lowest BCUT2D eigenvalue weighted by molar-refractivity contribution is -0.139. The van der Waals surface area contributed by atoms with E-state index < -0.39 is 23.4 Å². The molecule has 0 bridgehead atoms. The molecule has 2 nitrogen and oxygen atoms in total. The molecule has 2 aromatic carbocycles. The van der Waals surface area contributed by atoms with Crippen LogP contribution in [0, 0.1) is 11.6 Å². The molecule has 0 spiro atoms. The summed E-state index contributed by atoms with van der Waals surface area (Å²) in [6.45, 7) is 0. The molecule has 0 saturated heterocycles. The molecule has 3 N–H and O–H groups in total. The molecule has 0 atom stereocenters. The van der Waals surface area contributed by atoms with Gasteiger partial charge in [0.2, 0.25) is 0 Å². The lowest BCUT2D eigenvalue weighted by Crippen LogP contribution is -2.09. The molecule has 0 heterocycles. The third-order valence-corrected chi connectivity index (χ3v) is 2.93. The van der Waals surface area contributed by atoms with Crippen molar-refractivity contribution in [3.63, 3.8) is 0 Å². The van der Waals surface area contributed by atoms with Gasteiger partial charge in [-0.3, -0.25) is 0 Å². The van der Waals surface area contributed by atoms with Crippen molar-refractivity contribution in [1.82, 2.24) is 0 Å². The Morgan fingerprint density at radius 3 is 2.29 bits per heavy atom. The van der Waals surface area contributed by atoms with Crippen LogP contribution in [0.4, 0.5) is 39.0 Å². The number of nitrogens with one attached hydrogen (secondary N) is 1. The Bertz CT molecular complexity index is 685. The Kier molecular flexibility index (Phi) is 3.95. The third-order valence-electron chi connectivity index (χ3n) is 2.64. The van der Waals surface area contributed by atoms with E-state index in [1.54, 1.807) is 0 Å². The van der Waals surface area contributed by atoms with E-state index in [0.717, 1.165) is 18.2 Å². The van der Waals surface area contributed by atoms with Crippen LogP contribution in [0.2, 0.25) is 5.02 Å². The summed E-state index contributed by atoms with van der Waals surface area (Å²) in [5.74, 6) is -2.19. The van der Waals surface area contributed by atoms with E-state index >= 15 is 0 Å². The quantitative estimate of drug-likeness (QED) is 0.605. The molecule has 112 valence electrons. The summed E-state index contributed by atoms with van der Waals surface area (Å²) in [5, 5.41) is 2.27. The van der Waals surface area contributed by atoms with Gasteiger partial charge in [-0.25, -0.2) is 8.78 Å². The topological polar surface area (TPSA) is 38.0 Å². The van der Waals surface area contributed by atoms with Crippen LogP contribution in [0.25, 0.3) is 0 Å². The Hall–Kier alpha value is -2.02. The lowest BCUT2D eigenvalue weighted by atomic mass is 10.1. The molecule has 2 rings (SSSR count). The first kappa shape index (κ1) is 15.4. The number of anilines is 3. The van der Waals surface area contributed by atoms with Crippen molar-refractivity contribution in [1.29, 1.82) is 0 Å². The maximum atomic E-state index is 13.3. The SMILES string of the molecule is Nc1cc(Cl)c(F)cc1Nc1ccc(F)c(C(F)(F)F)c1. The minimum atomic E-state index is -4.83. The van der Waals surface area contributed by atoms with E-state index in [0.29, 0.717) is 12.1 Å². The van der Waals surface area contributed by atoms with Crippen molar-refractivity contribution in [3.8, 4) is 0 Å². The van der Waals surface area contributed by atoms with E-state index in [9.17, 15) is 22.0 Å². The second-order valence-corrected chi connectivity index (χ2v) is 4.58. The fourth-order valence-corrected chi connectivity index (χ4v) is 1.82. The molecule has 0 saturated carbocycles. The van der Waals surface area contributed by atoms with Crippen molar-refractivity contribution in [2.24, 2.45) is 0 Å². The lowest BCUT2D eigenvalue weighted by Gasteiger charge is -2.13. The first-order valence-corrected chi connectivity index (χ1v) is 5.94. The van der Waals surface area contributed by atoms with E-state index in [-0.39, 0.29) is 22.1 Å². The Labute approximate surface area is 121 Å². The van der Waals surface area contributed by atoms with Gasteiger partial charge in [-0.15, -0.1) is 0 Å². The van der Waals surface area contributed by atoms with E-state index in [1.807, 2.05) is 0 Å². The van der Waals surface area contributed by atoms with Crippen LogP contribution < -0.4 is 11.1 Å². The fraction of sp³-hybridized carbons (Fsp3) is 0.0769. The molecule has 2 aromatic rings. The number of benzene rings is 2. The van der Waals surface area contributed by atoms with Gasteiger partial charge < -0.3 is 11.1 Å². The van der Waals surface area contributed by atoms with Crippen molar-refractivity contribution in [2.45, 2.75) is 6.18 Å². The van der Waals surface area contributed by atoms with Crippen molar-refractivity contribution < 1.29 is 22.0 Å². The van der Waals surface area contributed by atoms with Gasteiger partial charge in [-0.1, -0.05) is 11.6 Å². The number of halogens is 6. The summed E-state index contributed by atoms with van der Waals surface area (Å²) in [4.78, 5) is 0. The van der Waals surface area contributed by atoms with E-state index in [4.69, 9.17) is 17.3 Å². The summed E-state index contributed by atoms with van der Waals surface area (Å²) in [7, 11) is 0. The molecule has 0 aliphatic heterocycles. The molecule has 0 aliphatic carbocycles. The molecule has 0 amide bonds. The first-order chi connectivity index (χ1) is 9.68. The average Bonchev–Trinajstić information content (AvgIpc) is 2.37. The number of hydrogen-bond acceptors (Lipinski definition) is 2. The van der Waals surface area contributed by atoms with Gasteiger partial charge in [0.15, 0.2) is 0 Å². The number of alkyl halides is 3. The van der Waals surface area contributed by atoms with Gasteiger partial charge in [-0.05, 0) is 24.3 Å². The van der Waals surface area contributed by atoms with Crippen LogP contribution in [0.15, 0.2) is 30.3 Å². The highest BCUT2D eigenvalue weighted by molar-refractivity contribution is 6.31. The van der Waals surface area contributed by atoms with Crippen LogP contribution in [0.5, 0.6) is 0 Å². The third kappa shape index (κ3) is 3.36. The van der Waals surface area contributed by atoms with Gasteiger partial charge in [-0.2, -0.15) is 13.2 Å². The van der Waals surface area contributed by atoms with Crippen LogP contribution in [0.1, 0.15) is 5.56 Å². The van der Waals surface area contributed by atoms with Gasteiger partial charge in [0.1, 0.15) is 11.6 Å². The van der Waals surface area contributed by atoms with Crippen molar-refractivity contribution >= 4 is 28.7 Å². The van der Waals surface area contributed by atoms with Crippen LogP contribution in [-0.4, -0.2) is 0 Å². The molecule has 8 heteroatoms. The zero-order chi connectivity index (χ0) is 15.8. The zero-order valence-corrected chi connectivity index (χ0v) is 11.0. The molecular weight excluding hydrogens is 315 g/mol. The monoisotopic (exact) mass is 322 g/mol. The highest BCUT2D eigenvalue weighted by atomic mass is 35.5. The molecule has 0 aromatic heterocycles. The minimum absolute atomic E-state index is 0.0247.